The number of carbonyl (C=O) groups is 1. The normalized spacial score (nSPS) is 15.3. The first kappa shape index (κ1) is 24.7. The second-order valence-corrected chi connectivity index (χ2v) is 11.3. The number of aromatic hydroxyl groups is 1. The Hall–Kier alpha value is -3.99. The van der Waals surface area contributed by atoms with Gasteiger partial charge in [0.05, 0.1) is 13.7 Å². The minimum Gasteiger partial charge on any atom is -0.507 e. The molecule has 1 aliphatic rings. The number of aromatic carboxylic acids is 1. The summed E-state index contributed by atoms with van der Waals surface area (Å²) in [6.07, 6.45) is 0. The topological polar surface area (TPSA) is 76.0 Å². The number of benzene rings is 4. The van der Waals surface area contributed by atoms with Crippen LogP contribution in [0.3, 0.4) is 0 Å². The van der Waals surface area contributed by atoms with Crippen LogP contribution in [0.2, 0.25) is 0 Å². The summed E-state index contributed by atoms with van der Waals surface area (Å²) >= 11 is 0. The van der Waals surface area contributed by atoms with Crippen LogP contribution in [0.15, 0.2) is 66.2 Å². The third kappa shape index (κ3) is 3.90. The highest BCUT2D eigenvalue weighted by Crippen LogP contribution is 2.52. The lowest BCUT2D eigenvalue weighted by atomic mass is 9.71. The van der Waals surface area contributed by atoms with Gasteiger partial charge in [0.15, 0.2) is 0 Å². The first-order valence-corrected chi connectivity index (χ1v) is 12.4. The van der Waals surface area contributed by atoms with Gasteiger partial charge in [-0.15, -0.1) is 0 Å². The quantitative estimate of drug-likeness (QED) is 0.300. The summed E-state index contributed by atoms with van der Waals surface area (Å²) in [6.45, 7) is 11.6. The molecule has 0 aliphatic carbocycles. The molecule has 0 saturated heterocycles. The van der Waals surface area contributed by atoms with Crippen LogP contribution in [0, 0.1) is 10.8 Å². The number of methoxy groups -OCH3 is 1. The number of phenolic OH excluding ortho intramolecular Hbond substituents is 1. The van der Waals surface area contributed by atoms with E-state index in [0.717, 1.165) is 32.9 Å². The summed E-state index contributed by atoms with van der Waals surface area (Å²) in [4.78, 5) is 12.2. The van der Waals surface area contributed by atoms with Crippen molar-refractivity contribution in [2.24, 2.45) is 10.8 Å². The summed E-state index contributed by atoms with van der Waals surface area (Å²) in [5, 5.41) is 24.5. The number of rotatable bonds is 4. The van der Waals surface area contributed by atoms with E-state index in [1.165, 1.54) is 12.7 Å². The Labute approximate surface area is 217 Å². The SMILES string of the molecule is COc1c(C(=O)O)cc2ccccc2c1-c1c(O)ccc2c(C3=C(C(C)(C)C)C(C)(C)CO3)cccc12. The number of phenols is 1. The molecule has 0 bridgehead atoms. The highest BCUT2D eigenvalue weighted by atomic mass is 16.5. The maximum Gasteiger partial charge on any atom is 0.339 e. The van der Waals surface area contributed by atoms with Gasteiger partial charge in [0.25, 0.3) is 0 Å². The van der Waals surface area contributed by atoms with Crippen LogP contribution in [0.4, 0.5) is 0 Å². The van der Waals surface area contributed by atoms with Gasteiger partial charge in [0.1, 0.15) is 22.8 Å². The van der Waals surface area contributed by atoms with Gasteiger partial charge in [-0.05, 0) is 50.7 Å². The number of hydrogen-bond acceptors (Lipinski definition) is 4. The Bertz CT molecular complexity index is 1600. The van der Waals surface area contributed by atoms with Crippen molar-refractivity contribution in [2.75, 3.05) is 13.7 Å². The fourth-order valence-electron chi connectivity index (χ4n) is 6.03. The van der Waals surface area contributed by atoms with Crippen molar-refractivity contribution in [1.29, 1.82) is 0 Å². The van der Waals surface area contributed by atoms with Crippen LogP contribution in [0.25, 0.3) is 38.4 Å². The molecular weight excluding hydrogens is 464 g/mol. The second kappa shape index (κ2) is 8.55. The Kier molecular flexibility index (Phi) is 5.70. The van der Waals surface area contributed by atoms with Crippen molar-refractivity contribution in [3.05, 3.63) is 77.4 Å². The van der Waals surface area contributed by atoms with Gasteiger partial charge in [-0.3, -0.25) is 0 Å². The zero-order chi connectivity index (χ0) is 26.7. The average molecular weight is 497 g/mol. The first-order valence-electron chi connectivity index (χ1n) is 12.4. The predicted molar refractivity (Wildman–Crippen MR) is 148 cm³/mol. The largest absolute Gasteiger partial charge is 0.507 e. The molecule has 190 valence electrons. The number of hydrogen-bond donors (Lipinski definition) is 2. The van der Waals surface area contributed by atoms with Gasteiger partial charge in [0, 0.05) is 22.1 Å². The molecule has 0 spiro atoms. The Morgan fingerprint density at radius 2 is 1.65 bits per heavy atom. The first-order chi connectivity index (χ1) is 17.5. The van der Waals surface area contributed by atoms with Crippen LogP contribution in [-0.2, 0) is 4.74 Å². The molecule has 5 rings (SSSR count). The van der Waals surface area contributed by atoms with Crippen LogP contribution >= 0.6 is 0 Å². The third-order valence-corrected chi connectivity index (χ3v) is 7.20. The minimum absolute atomic E-state index is 0.0439. The van der Waals surface area contributed by atoms with Crippen LogP contribution in [0.5, 0.6) is 11.5 Å². The zero-order valence-electron chi connectivity index (χ0n) is 22.1. The molecule has 0 amide bonds. The number of fused-ring (bicyclic) bond motifs is 2. The maximum atomic E-state index is 12.2. The lowest BCUT2D eigenvalue weighted by Gasteiger charge is -2.31. The number of ether oxygens (including phenoxy) is 2. The van der Waals surface area contributed by atoms with E-state index in [4.69, 9.17) is 9.47 Å². The molecule has 0 atom stereocenters. The Morgan fingerprint density at radius 1 is 0.946 bits per heavy atom. The monoisotopic (exact) mass is 496 g/mol. The standard InChI is InChI=1S/C32H32O5/c1-31(2,3)29-28(37-17-32(29,4)5)22-13-9-12-21-20(22)14-15-24(33)25(21)26-19-11-8-7-10-18(19)16-23(30(34)35)27(26)36-6/h7-16,33H,17H2,1-6H3,(H,34,35). The van der Waals surface area contributed by atoms with Gasteiger partial charge in [-0.25, -0.2) is 4.79 Å². The van der Waals surface area contributed by atoms with E-state index in [1.807, 2.05) is 42.5 Å². The molecule has 4 aromatic rings. The third-order valence-electron chi connectivity index (χ3n) is 7.20. The van der Waals surface area contributed by atoms with E-state index in [2.05, 4.69) is 40.7 Å². The van der Waals surface area contributed by atoms with Gasteiger partial charge in [-0.2, -0.15) is 0 Å². The molecule has 0 saturated carbocycles. The number of carboxylic acids is 1. The minimum atomic E-state index is -1.09. The zero-order valence-corrected chi connectivity index (χ0v) is 22.1. The highest BCUT2D eigenvalue weighted by Gasteiger charge is 2.41. The van der Waals surface area contributed by atoms with Crippen LogP contribution < -0.4 is 4.74 Å². The molecule has 5 nitrogen and oxygen atoms in total. The van der Waals surface area contributed by atoms with Gasteiger partial charge < -0.3 is 19.7 Å². The summed E-state index contributed by atoms with van der Waals surface area (Å²) < 4.78 is 12.1. The summed E-state index contributed by atoms with van der Waals surface area (Å²) in [7, 11) is 1.46. The fourth-order valence-corrected chi connectivity index (χ4v) is 6.03. The van der Waals surface area contributed by atoms with Crippen LogP contribution in [0.1, 0.15) is 50.5 Å². The summed E-state index contributed by atoms with van der Waals surface area (Å²) in [6, 6.07) is 18.7. The summed E-state index contributed by atoms with van der Waals surface area (Å²) in [5.41, 5.74) is 3.10. The molecular formula is C32H32O5. The molecule has 5 heteroatoms. The average Bonchev–Trinajstić information content (AvgIpc) is 3.17. The maximum absolute atomic E-state index is 12.2. The smallest absolute Gasteiger partial charge is 0.339 e. The molecule has 0 fully saturated rings. The van der Waals surface area contributed by atoms with Gasteiger partial charge >= 0.3 is 5.97 Å². The van der Waals surface area contributed by atoms with E-state index in [-0.39, 0.29) is 27.9 Å². The van der Waals surface area contributed by atoms with E-state index < -0.39 is 5.97 Å². The molecule has 4 aromatic carbocycles. The van der Waals surface area contributed by atoms with Crippen molar-refractivity contribution in [3.8, 4) is 22.6 Å². The lowest BCUT2D eigenvalue weighted by Crippen LogP contribution is -2.24. The van der Waals surface area contributed by atoms with Gasteiger partial charge in [-0.1, -0.05) is 77.1 Å². The van der Waals surface area contributed by atoms with Crippen molar-refractivity contribution in [3.63, 3.8) is 0 Å². The fraction of sp³-hybridized carbons (Fsp3) is 0.281. The van der Waals surface area contributed by atoms with Crippen molar-refractivity contribution >= 4 is 33.3 Å². The predicted octanol–water partition coefficient (Wildman–Crippen LogP) is 7.89. The molecule has 0 radical (unpaired) electrons. The van der Waals surface area contributed by atoms with Gasteiger partial charge in [0.2, 0.25) is 0 Å². The van der Waals surface area contributed by atoms with Crippen molar-refractivity contribution < 1.29 is 24.5 Å². The van der Waals surface area contributed by atoms with E-state index in [0.29, 0.717) is 17.7 Å². The lowest BCUT2D eigenvalue weighted by molar-refractivity contribution is 0.0693. The van der Waals surface area contributed by atoms with Crippen LogP contribution in [-0.4, -0.2) is 29.9 Å². The molecule has 0 unspecified atom stereocenters. The molecule has 2 N–H and O–H groups in total. The highest BCUT2D eigenvalue weighted by molar-refractivity contribution is 6.14. The molecule has 0 aromatic heterocycles. The van der Waals surface area contributed by atoms with E-state index in [9.17, 15) is 15.0 Å². The Balaban J connectivity index is 1.92. The molecule has 37 heavy (non-hydrogen) atoms. The molecule has 1 heterocycles. The summed E-state index contributed by atoms with van der Waals surface area (Å²) in [5.74, 6) is 0.0438. The number of carboxylic acid groups (broad SMARTS) is 1. The van der Waals surface area contributed by atoms with E-state index >= 15 is 0 Å². The van der Waals surface area contributed by atoms with Crippen molar-refractivity contribution in [1.82, 2.24) is 0 Å². The Morgan fingerprint density at radius 3 is 2.32 bits per heavy atom. The van der Waals surface area contributed by atoms with Crippen molar-refractivity contribution in [2.45, 2.75) is 34.6 Å². The second-order valence-electron chi connectivity index (χ2n) is 11.3. The molecule has 1 aliphatic heterocycles. The van der Waals surface area contributed by atoms with E-state index in [1.54, 1.807) is 12.1 Å².